The summed E-state index contributed by atoms with van der Waals surface area (Å²) >= 11 is 0. The maximum atomic E-state index is 9.74. The highest BCUT2D eigenvalue weighted by Gasteiger charge is 2.12. The van der Waals surface area contributed by atoms with Gasteiger partial charge in [-0.15, -0.1) is 0 Å². The second kappa shape index (κ2) is 4.14. The first-order valence-corrected chi connectivity index (χ1v) is 4.70. The number of hydrogen-bond acceptors (Lipinski definition) is 4. The summed E-state index contributed by atoms with van der Waals surface area (Å²) in [7, 11) is 2.99. The minimum absolute atomic E-state index is 0.00255. The van der Waals surface area contributed by atoms with Gasteiger partial charge in [-0.1, -0.05) is 0 Å². The summed E-state index contributed by atoms with van der Waals surface area (Å²) < 4.78 is 10.1. The summed E-state index contributed by atoms with van der Waals surface area (Å²) in [5.41, 5.74) is 1.76. The number of phenols is 1. The number of H-pyrrole nitrogens is 1. The van der Waals surface area contributed by atoms with Crippen molar-refractivity contribution in [2.24, 2.45) is 0 Å². The highest BCUT2D eigenvalue weighted by Crippen LogP contribution is 2.39. The second-order valence-electron chi connectivity index (χ2n) is 3.22. The van der Waals surface area contributed by atoms with Gasteiger partial charge in [-0.25, -0.2) is 0 Å². The summed E-state index contributed by atoms with van der Waals surface area (Å²) in [6.45, 7) is 0. The van der Waals surface area contributed by atoms with Crippen LogP contribution in [0.5, 0.6) is 17.2 Å². The van der Waals surface area contributed by atoms with Gasteiger partial charge in [0, 0.05) is 11.8 Å². The van der Waals surface area contributed by atoms with Crippen molar-refractivity contribution >= 4 is 0 Å². The number of nitrogens with zero attached hydrogens (tertiary/aromatic N) is 1. The molecule has 0 aliphatic heterocycles. The molecule has 1 aromatic heterocycles. The quantitative estimate of drug-likeness (QED) is 0.827. The van der Waals surface area contributed by atoms with Crippen LogP contribution >= 0.6 is 0 Å². The summed E-state index contributed by atoms with van der Waals surface area (Å²) in [5, 5.41) is 16.3. The Bertz CT molecular complexity index is 455. The van der Waals surface area contributed by atoms with Gasteiger partial charge in [0.1, 0.15) is 0 Å². The van der Waals surface area contributed by atoms with Crippen LogP contribution in [0.15, 0.2) is 24.5 Å². The molecule has 16 heavy (non-hydrogen) atoms. The Morgan fingerprint density at radius 3 is 2.19 bits per heavy atom. The Hall–Kier alpha value is -2.17. The number of hydrogen-bond donors (Lipinski definition) is 2. The normalized spacial score (nSPS) is 10.1. The number of ether oxygens (including phenoxy) is 2. The number of rotatable bonds is 3. The summed E-state index contributed by atoms with van der Waals surface area (Å²) in [4.78, 5) is 0. The minimum Gasteiger partial charge on any atom is -0.502 e. The van der Waals surface area contributed by atoms with E-state index in [-0.39, 0.29) is 5.75 Å². The van der Waals surface area contributed by atoms with Gasteiger partial charge < -0.3 is 14.6 Å². The third-order valence-corrected chi connectivity index (χ3v) is 2.31. The molecule has 0 aliphatic carbocycles. The monoisotopic (exact) mass is 220 g/mol. The van der Waals surface area contributed by atoms with Crippen LogP contribution in [0.25, 0.3) is 11.1 Å². The predicted molar refractivity (Wildman–Crippen MR) is 58.8 cm³/mol. The summed E-state index contributed by atoms with van der Waals surface area (Å²) in [6.07, 6.45) is 3.44. The highest BCUT2D eigenvalue weighted by molar-refractivity contribution is 5.69. The van der Waals surface area contributed by atoms with Crippen molar-refractivity contribution < 1.29 is 14.6 Å². The molecule has 1 aromatic carbocycles. The van der Waals surface area contributed by atoms with Gasteiger partial charge in [0.2, 0.25) is 5.75 Å². The molecular formula is C11H12N2O3. The summed E-state index contributed by atoms with van der Waals surface area (Å²) in [6, 6.07) is 3.45. The van der Waals surface area contributed by atoms with E-state index >= 15 is 0 Å². The Kier molecular flexibility index (Phi) is 2.68. The largest absolute Gasteiger partial charge is 0.502 e. The van der Waals surface area contributed by atoms with Crippen LogP contribution in [0.4, 0.5) is 0 Å². The van der Waals surface area contributed by atoms with E-state index in [1.54, 1.807) is 24.5 Å². The number of aromatic nitrogens is 2. The van der Waals surface area contributed by atoms with Gasteiger partial charge in [0.15, 0.2) is 11.5 Å². The molecule has 0 aliphatic rings. The van der Waals surface area contributed by atoms with Gasteiger partial charge in [0.25, 0.3) is 0 Å². The Labute approximate surface area is 92.6 Å². The van der Waals surface area contributed by atoms with Crippen molar-refractivity contribution in [1.82, 2.24) is 10.2 Å². The highest BCUT2D eigenvalue weighted by atomic mass is 16.5. The fourth-order valence-electron chi connectivity index (χ4n) is 1.47. The molecule has 0 unspecified atom stereocenters. The van der Waals surface area contributed by atoms with Gasteiger partial charge in [-0.05, 0) is 17.7 Å². The molecule has 0 radical (unpaired) electrons. The second-order valence-corrected chi connectivity index (χ2v) is 3.22. The van der Waals surface area contributed by atoms with Crippen molar-refractivity contribution in [2.45, 2.75) is 0 Å². The molecule has 5 nitrogen and oxygen atoms in total. The topological polar surface area (TPSA) is 67.4 Å². The zero-order chi connectivity index (χ0) is 11.5. The van der Waals surface area contributed by atoms with Crippen LogP contribution in [-0.2, 0) is 0 Å². The molecule has 0 amide bonds. The molecule has 2 rings (SSSR count). The number of nitrogens with one attached hydrogen (secondary N) is 1. The van der Waals surface area contributed by atoms with Gasteiger partial charge in [-0.2, -0.15) is 5.10 Å². The molecule has 2 aromatic rings. The Morgan fingerprint density at radius 2 is 1.75 bits per heavy atom. The first kappa shape index (κ1) is 10.4. The van der Waals surface area contributed by atoms with E-state index < -0.39 is 0 Å². The molecule has 0 atom stereocenters. The van der Waals surface area contributed by atoms with Crippen LogP contribution in [-0.4, -0.2) is 29.5 Å². The fourth-order valence-corrected chi connectivity index (χ4v) is 1.47. The lowest BCUT2D eigenvalue weighted by Crippen LogP contribution is -1.90. The van der Waals surface area contributed by atoms with Crippen LogP contribution < -0.4 is 9.47 Å². The van der Waals surface area contributed by atoms with E-state index in [1.807, 2.05) is 0 Å². The lowest BCUT2D eigenvalue weighted by Gasteiger charge is -2.10. The minimum atomic E-state index is -0.00255. The predicted octanol–water partition coefficient (Wildman–Crippen LogP) is 1.80. The number of benzene rings is 1. The van der Waals surface area contributed by atoms with Crippen LogP contribution in [0.3, 0.4) is 0 Å². The van der Waals surface area contributed by atoms with Crippen molar-refractivity contribution in [1.29, 1.82) is 0 Å². The molecule has 1 heterocycles. The molecule has 0 saturated heterocycles. The van der Waals surface area contributed by atoms with Crippen molar-refractivity contribution in [3.05, 3.63) is 24.5 Å². The van der Waals surface area contributed by atoms with E-state index in [0.717, 1.165) is 11.1 Å². The average molecular weight is 220 g/mol. The zero-order valence-electron chi connectivity index (χ0n) is 9.02. The SMILES string of the molecule is COc1cc(-c2cn[nH]c2)cc(OC)c1O. The van der Waals surface area contributed by atoms with Crippen molar-refractivity contribution in [2.75, 3.05) is 14.2 Å². The molecule has 0 saturated carbocycles. The van der Waals surface area contributed by atoms with Crippen molar-refractivity contribution in [3.8, 4) is 28.4 Å². The van der Waals surface area contributed by atoms with E-state index in [0.29, 0.717) is 11.5 Å². The average Bonchev–Trinajstić information content (AvgIpc) is 2.83. The Balaban J connectivity index is 2.56. The summed E-state index contributed by atoms with van der Waals surface area (Å²) in [5.74, 6) is 0.739. The third kappa shape index (κ3) is 1.67. The maximum Gasteiger partial charge on any atom is 0.200 e. The molecular weight excluding hydrogens is 208 g/mol. The van der Waals surface area contributed by atoms with E-state index in [2.05, 4.69) is 10.2 Å². The number of phenolic OH excluding ortho intramolecular Hbond substituents is 1. The van der Waals surface area contributed by atoms with Crippen LogP contribution in [0.2, 0.25) is 0 Å². The smallest absolute Gasteiger partial charge is 0.200 e. The standard InChI is InChI=1S/C11H12N2O3/c1-15-9-3-7(8-5-12-13-6-8)4-10(16-2)11(9)14/h3-6,14H,1-2H3,(H,12,13). The third-order valence-electron chi connectivity index (χ3n) is 2.31. The van der Waals surface area contributed by atoms with Crippen LogP contribution in [0.1, 0.15) is 0 Å². The van der Waals surface area contributed by atoms with E-state index in [9.17, 15) is 5.11 Å². The van der Waals surface area contributed by atoms with Crippen molar-refractivity contribution in [3.63, 3.8) is 0 Å². The molecule has 84 valence electrons. The van der Waals surface area contributed by atoms with Crippen LogP contribution in [0, 0.1) is 0 Å². The zero-order valence-corrected chi connectivity index (χ0v) is 9.02. The van der Waals surface area contributed by atoms with Gasteiger partial charge in [-0.3, -0.25) is 5.10 Å². The number of methoxy groups -OCH3 is 2. The lowest BCUT2D eigenvalue weighted by atomic mass is 10.1. The molecule has 0 fully saturated rings. The first-order chi connectivity index (χ1) is 7.76. The van der Waals surface area contributed by atoms with E-state index in [4.69, 9.17) is 9.47 Å². The first-order valence-electron chi connectivity index (χ1n) is 4.70. The molecule has 5 heteroatoms. The molecule has 0 spiro atoms. The molecule has 2 N–H and O–H groups in total. The van der Waals surface area contributed by atoms with Gasteiger partial charge in [0.05, 0.1) is 20.4 Å². The van der Waals surface area contributed by atoms with E-state index in [1.165, 1.54) is 14.2 Å². The fraction of sp³-hybridized carbons (Fsp3) is 0.182. The number of aromatic amines is 1. The number of aromatic hydroxyl groups is 1. The Morgan fingerprint density at radius 1 is 1.12 bits per heavy atom. The molecule has 0 bridgehead atoms. The van der Waals surface area contributed by atoms with Gasteiger partial charge >= 0.3 is 0 Å². The lowest BCUT2D eigenvalue weighted by molar-refractivity contribution is 0.340. The maximum absolute atomic E-state index is 9.74.